The number of carbonyl (C=O) groups is 1. The Labute approximate surface area is 117 Å². The van der Waals surface area contributed by atoms with Gasteiger partial charge in [-0.25, -0.2) is 0 Å². The van der Waals surface area contributed by atoms with Gasteiger partial charge in [0.1, 0.15) is 0 Å². The zero-order chi connectivity index (χ0) is 14.3. The normalized spacial score (nSPS) is 12.1. The van der Waals surface area contributed by atoms with Gasteiger partial charge in [0.2, 0.25) is 5.91 Å². The van der Waals surface area contributed by atoms with Crippen molar-refractivity contribution in [2.24, 2.45) is 5.18 Å². The summed E-state index contributed by atoms with van der Waals surface area (Å²) in [6, 6.07) is 0. The molecule has 0 heterocycles. The highest BCUT2D eigenvalue weighted by atomic mass is 16.3. The zero-order valence-corrected chi connectivity index (χ0v) is 12.6. The molecule has 1 atom stereocenters. The van der Waals surface area contributed by atoms with Crippen LogP contribution in [0.25, 0.3) is 0 Å². The van der Waals surface area contributed by atoms with Crippen molar-refractivity contribution in [3.05, 3.63) is 4.91 Å². The molecule has 0 aliphatic heterocycles. The quantitative estimate of drug-likeness (QED) is 0.395. The second-order valence-corrected chi connectivity index (χ2v) is 5.18. The number of hydrogen-bond acceptors (Lipinski definition) is 3. The molecular weight excluding hydrogens is 240 g/mol. The number of hydrogen-bond donors (Lipinski definition) is 1. The molecule has 19 heavy (non-hydrogen) atoms. The summed E-state index contributed by atoms with van der Waals surface area (Å²) in [5.74, 6) is -0.0469. The summed E-state index contributed by atoms with van der Waals surface area (Å²) in [6.45, 7) is 4.07. The lowest BCUT2D eigenvalue weighted by molar-refractivity contribution is -0.121. The molecule has 0 aliphatic carbocycles. The maximum Gasteiger partial charge on any atom is 0.221 e. The van der Waals surface area contributed by atoms with Crippen LogP contribution in [0.15, 0.2) is 5.18 Å². The molecule has 0 aliphatic rings. The first kappa shape index (κ1) is 18.1. The molecule has 0 saturated heterocycles. The molecule has 4 heteroatoms. The van der Waals surface area contributed by atoms with Gasteiger partial charge < -0.3 is 5.32 Å². The summed E-state index contributed by atoms with van der Waals surface area (Å²) >= 11 is 0. The summed E-state index contributed by atoms with van der Waals surface area (Å²) in [6.07, 6.45) is 11.7. The molecule has 0 spiro atoms. The fraction of sp³-hybridized carbons (Fsp3) is 0.933. The Hall–Kier alpha value is -0.930. The molecule has 0 rings (SSSR count). The number of unbranched alkanes of at least 4 members (excludes halogenated alkanes) is 8. The fourth-order valence-corrected chi connectivity index (χ4v) is 2.06. The molecule has 0 saturated carbocycles. The second kappa shape index (κ2) is 13.5. The van der Waals surface area contributed by atoms with E-state index in [1.54, 1.807) is 0 Å². The highest BCUT2D eigenvalue weighted by Gasteiger charge is 2.08. The van der Waals surface area contributed by atoms with E-state index in [9.17, 15) is 9.70 Å². The van der Waals surface area contributed by atoms with E-state index in [-0.39, 0.29) is 5.91 Å². The summed E-state index contributed by atoms with van der Waals surface area (Å²) in [4.78, 5) is 21.8. The summed E-state index contributed by atoms with van der Waals surface area (Å²) < 4.78 is 0. The molecule has 1 N–H and O–H groups in total. The molecule has 0 fully saturated rings. The average molecular weight is 270 g/mol. The maximum atomic E-state index is 11.5. The van der Waals surface area contributed by atoms with E-state index in [4.69, 9.17) is 0 Å². The highest BCUT2D eigenvalue weighted by molar-refractivity contribution is 5.76. The van der Waals surface area contributed by atoms with Gasteiger partial charge in [0, 0.05) is 6.42 Å². The van der Waals surface area contributed by atoms with Gasteiger partial charge >= 0.3 is 0 Å². The lowest BCUT2D eigenvalue weighted by Crippen LogP contribution is -2.32. The van der Waals surface area contributed by atoms with Crippen LogP contribution in [0, 0.1) is 4.91 Å². The summed E-state index contributed by atoms with van der Waals surface area (Å²) in [5, 5.41) is 5.48. The van der Waals surface area contributed by atoms with Crippen molar-refractivity contribution < 1.29 is 4.79 Å². The van der Waals surface area contributed by atoms with Crippen molar-refractivity contribution in [2.45, 2.75) is 90.6 Å². The smallest absolute Gasteiger partial charge is 0.221 e. The lowest BCUT2D eigenvalue weighted by atomic mass is 10.1. The van der Waals surface area contributed by atoms with Crippen LogP contribution in [0.1, 0.15) is 84.5 Å². The number of carbonyl (C=O) groups excluding carboxylic acids is 1. The third kappa shape index (κ3) is 11.9. The van der Waals surface area contributed by atoms with E-state index >= 15 is 0 Å². The van der Waals surface area contributed by atoms with Gasteiger partial charge in [0.25, 0.3) is 0 Å². The molecule has 4 nitrogen and oxygen atoms in total. The van der Waals surface area contributed by atoms with Crippen molar-refractivity contribution in [1.82, 2.24) is 5.32 Å². The average Bonchev–Trinajstić information content (AvgIpc) is 2.43. The third-order valence-corrected chi connectivity index (χ3v) is 3.35. The summed E-state index contributed by atoms with van der Waals surface area (Å²) in [5.41, 5.74) is 0. The minimum atomic E-state index is -0.550. The van der Waals surface area contributed by atoms with E-state index < -0.39 is 6.17 Å². The number of nitroso groups, excluding NO2 is 1. The Bertz CT molecular complexity index is 232. The molecule has 0 bridgehead atoms. The van der Waals surface area contributed by atoms with Crippen molar-refractivity contribution in [2.75, 3.05) is 0 Å². The van der Waals surface area contributed by atoms with E-state index in [0.717, 1.165) is 12.8 Å². The largest absolute Gasteiger partial charge is 0.331 e. The van der Waals surface area contributed by atoms with E-state index in [1.807, 2.05) is 6.92 Å². The van der Waals surface area contributed by atoms with Gasteiger partial charge in [-0.3, -0.25) is 4.79 Å². The third-order valence-electron chi connectivity index (χ3n) is 3.35. The molecule has 0 aromatic carbocycles. The van der Waals surface area contributed by atoms with Crippen LogP contribution in [0.4, 0.5) is 0 Å². The molecule has 0 radical (unpaired) electrons. The van der Waals surface area contributed by atoms with Gasteiger partial charge in [0.15, 0.2) is 6.17 Å². The Morgan fingerprint density at radius 1 is 0.947 bits per heavy atom. The first-order chi connectivity index (χ1) is 9.24. The number of amides is 1. The maximum absolute atomic E-state index is 11.5. The molecule has 0 aromatic heterocycles. The number of nitrogens with zero attached hydrogens (tertiary/aromatic N) is 1. The van der Waals surface area contributed by atoms with Crippen LogP contribution in [-0.2, 0) is 4.79 Å². The molecular formula is C15H30N2O2. The molecule has 112 valence electrons. The van der Waals surface area contributed by atoms with E-state index in [0.29, 0.717) is 12.8 Å². The molecule has 1 amide bonds. The van der Waals surface area contributed by atoms with Crippen molar-refractivity contribution in [3.63, 3.8) is 0 Å². The SMILES string of the molecule is CCCCCCCCCCCC(=O)NC(CC)N=O. The Morgan fingerprint density at radius 3 is 1.95 bits per heavy atom. The van der Waals surface area contributed by atoms with Crippen LogP contribution in [0.3, 0.4) is 0 Å². The summed E-state index contributed by atoms with van der Waals surface area (Å²) in [7, 11) is 0. The Morgan fingerprint density at radius 2 is 1.47 bits per heavy atom. The second-order valence-electron chi connectivity index (χ2n) is 5.18. The molecule has 0 aromatic rings. The minimum Gasteiger partial charge on any atom is -0.331 e. The lowest BCUT2D eigenvalue weighted by Gasteiger charge is -2.08. The standard InChI is InChI=1S/C15H30N2O2/c1-3-5-6-7-8-9-10-11-12-13-15(18)16-14(4-2)17-19/h14H,3-13H2,1-2H3,(H,16,18). The van der Waals surface area contributed by atoms with E-state index in [2.05, 4.69) is 17.4 Å². The van der Waals surface area contributed by atoms with Crippen LogP contribution in [0.2, 0.25) is 0 Å². The van der Waals surface area contributed by atoms with Crippen molar-refractivity contribution in [3.8, 4) is 0 Å². The zero-order valence-electron chi connectivity index (χ0n) is 12.6. The van der Waals surface area contributed by atoms with Crippen molar-refractivity contribution >= 4 is 5.91 Å². The number of nitrogens with one attached hydrogen (secondary N) is 1. The Kier molecular flexibility index (Phi) is 12.8. The Balaban J connectivity index is 3.29. The van der Waals surface area contributed by atoms with Gasteiger partial charge in [-0.1, -0.05) is 65.2 Å². The first-order valence-electron chi connectivity index (χ1n) is 7.86. The van der Waals surface area contributed by atoms with E-state index in [1.165, 1.54) is 44.9 Å². The monoisotopic (exact) mass is 270 g/mol. The fourth-order valence-electron chi connectivity index (χ4n) is 2.06. The molecule has 1 unspecified atom stereocenters. The van der Waals surface area contributed by atoms with Gasteiger partial charge in [0.05, 0.1) is 0 Å². The van der Waals surface area contributed by atoms with Gasteiger partial charge in [-0.2, -0.15) is 0 Å². The van der Waals surface area contributed by atoms with Crippen LogP contribution >= 0.6 is 0 Å². The van der Waals surface area contributed by atoms with Crippen LogP contribution in [-0.4, -0.2) is 12.1 Å². The van der Waals surface area contributed by atoms with Gasteiger partial charge in [-0.15, -0.1) is 4.91 Å². The predicted molar refractivity (Wildman–Crippen MR) is 79.9 cm³/mol. The van der Waals surface area contributed by atoms with Crippen molar-refractivity contribution in [1.29, 1.82) is 0 Å². The number of rotatable bonds is 13. The first-order valence-corrected chi connectivity index (χ1v) is 7.86. The van der Waals surface area contributed by atoms with Crippen LogP contribution in [0.5, 0.6) is 0 Å². The topological polar surface area (TPSA) is 58.5 Å². The highest BCUT2D eigenvalue weighted by Crippen LogP contribution is 2.10. The predicted octanol–water partition coefficient (Wildman–Crippen LogP) is 4.53. The van der Waals surface area contributed by atoms with Crippen LogP contribution < -0.4 is 5.32 Å². The minimum absolute atomic E-state index is 0.0469. The van der Waals surface area contributed by atoms with Gasteiger partial charge in [-0.05, 0) is 18.0 Å².